The van der Waals surface area contributed by atoms with Crippen LogP contribution in [0.3, 0.4) is 0 Å². The van der Waals surface area contributed by atoms with Crippen LogP contribution in [-0.4, -0.2) is 63.5 Å². The van der Waals surface area contributed by atoms with E-state index < -0.39 is 9.84 Å². The number of piperidine rings is 2. The van der Waals surface area contributed by atoms with Crippen LogP contribution in [0.1, 0.15) is 25.3 Å². The Balaban J connectivity index is 1.04. The second-order valence-electron chi connectivity index (χ2n) is 9.43. The lowest BCUT2D eigenvalue weighted by Crippen LogP contribution is -2.37. The Hall–Kier alpha value is -2.19. The third kappa shape index (κ3) is 4.48. The van der Waals surface area contributed by atoms with E-state index in [1.807, 2.05) is 24.5 Å². The normalized spacial score (nSPS) is 25.8. The third-order valence-electron chi connectivity index (χ3n) is 7.35. The van der Waals surface area contributed by atoms with E-state index in [4.69, 9.17) is 4.74 Å². The minimum Gasteiger partial charge on any atom is -0.378 e. The smallest absolute Gasteiger partial charge is 0.225 e. The maximum atomic E-state index is 11.6. The number of hydrogen-bond donors (Lipinski definition) is 0. The maximum absolute atomic E-state index is 11.6. The van der Waals surface area contributed by atoms with Gasteiger partial charge in [-0.3, -0.25) is 0 Å². The SMILES string of the molecule is CCc1cnc(N2CC3C(COC4CCN(c5ccc(S(C)(=O)=O)cc5)CC4)[C@@H]3C2)nc1. The first-order chi connectivity index (χ1) is 15.4. The number of hydrogen-bond acceptors (Lipinski definition) is 7. The molecule has 7 nitrogen and oxygen atoms in total. The quantitative estimate of drug-likeness (QED) is 0.634. The third-order valence-corrected chi connectivity index (χ3v) is 8.48. The van der Waals surface area contributed by atoms with Crippen LogP contribution in [0.5, 0.6) is 0 Å². The van der Waals surface area contributed by atoms with E-state index in [1.54, 1.807) is 12.1 Å². The van der Waals surface area contributed by atoms with Gasteiger partial charge in [-0.1, -0.05) is 6.92 Å². The average molecular weight is 457 g/mol. The summed E-state index contributed by atoms with van der Waals surface area (Å²) in [6.45, 7) is 6.97. The molecule has 32 heavy (non-hydrogen) atoms. The van der Waals surface area contributed by atoms with Gasteiger partial charge in [0.2, 0.25) is 5.95 Å². The monoisotopic (exact) mass is 456 g/mol. The Kier molecular flexibility index (Phi) is 5.84. The van der Waals surface area contributed by atoms with Gasteiger partial charge in [-0.25, -0.2) is 18.4 Å². The van der Waals surface area contributed by atoms with Crippen molar-refractivity contribution in [1.29, 1.82) is 0 Å². The summed E-state index contributed by atoms with van der Waals surface area (Å²) >= 11 is 0. The Morgan fingerprint density at radius 2 is 1.62 bits per heavy atom. The zero-order valence-electron chi connectivity index (χ0n) is 18.9. The first kappa shape index (κ1) is 21.6. The van der Waals surface area contributed by atoms with Gasteiger partial charge in [0.25, 0.3) is 0 Å². The molecule has 0 N–H and O–H groups in total. The molecule has 3 heterocycles. The molecule has 0 radical (unpaired) electrons. The van der Waals surface area contributed by atoms with Crippen LogP contribution in [0, 0.1) is 17.8 Å². The molecular formula is C24H32N4O3S. The van der Waals surface area contributed by atoms with Crippen LogP contribution in [-0.2, 0) is 21.0 Å². The van der Waals surface area contributed by atoms with E-state index in [0.29, 0.717) is 16.9 Å². The van der Waals surface area contributed by atoms with Gasteiger partial charge in [-0.2, -0.15) is 0 Å². The minimum atomic E-state index is -3.15. The lowest BCUT2D eigenvalue weighted by atomic mass is 10.1. The van der Waals surface area contributed by atoms with Gasteiger partial charge >= 0.3 is 0 Å². The molecule has 8 heteroatoms. The predicted octanol–water partition coefficient (Wildman–Crippen LogP) is 2.81. The average Bonchev–Trinajstić information content (AvgIpc) is 3.26. The Bertz CT molecular complexity index is 1020. The first-order valence-corrected chi connectivity index (χ1v) is 13.5. The Morgan fingerprint density at radius 1 is 1.00 bits per heavy atom. The van der Waals surface area contributed by atoms with Crippen LogP contribution < -0.4 is 9.80 Å². The summed E-state index contributed by atoms with van der Waals surface area (Å²) in [7, 11) is -3.15. The summed E-state index contributed by atoms with van der Waals surface area (Å²) in [6, 6.07) is 7.22. The van der Waals surface area contributed by atoms with Gasteiger partial charge in [0.05, 0.1) is 17.6 Å². The van der Waals surface area contributed by atoms with Gasteiger partial charge in [0.1, 0.15) is 0 Å². The molecule has 1 aliphatic carbocycles. The highest BCUT2D eigenvalue weighted by molar-refractivity contribution is 7.90. The summed E-state index contributed by atoms with van der Waals surface area (Å²) in [5.74, 6) is 2.99. The van der Waals surface area contributed by atoms with E-state index >= 15 is 0 Å². The molecule has 0 spiro atoms. The topological polar surface area (TPSA) is 75.6 Å². The zero-order chi connectivity index (χ0) is 22.3. The molecule has 3 aliphatic rings. The molecule has 172 valence electrons. The fourth-order valence-corrected chi connectivity index (χ4v) is 5.82. The molecule has 5 rings (SSSR count). The molecule has 1 saturated carbocycles. The van der Waals surface area contributed by atoms with Gasteiger partial charge in [-0.15, -0.1) is 0 Å². The lowest BCUT2D eigenvalue weighted by molar-refractivity contribution is 0.0263. The number of aromatic nitrogens is 2. The molecular weight excluding hydrogens is 424 g/mol. The van der Waals surface area contributed by atoms with Crippen LogP contribution in [0.15, 0.2) is 41.6 Å². The fraction of sp³-hybridized carbons (Fsp3) is 0.583. The van der Waals surface area contributed by atoms with Gasteiger partial charge in [0.15, 0.2) is 9.84 Å². The largest absolute Gasteiger partial charge is 0.378 e. The van der Waals surface area contributed by atoms with Gasteiger partial charge in [-0.05, 0) is 66.8 Å². The van der Waals surface area contributed by atoms with E-state index in [0.717, 1.165) is 75.5 Å². The van der Waals surface area contributed by atoms with Crippen molar-refractivity contribution < 1.29 is 13.2 Å². The molecule has 0 bridgehead atoms. The van der Waals surface area contributed by atoms with Crippen LogP contribution >= 0.6 is 0 Å². The van der Waals surface area contributed by atoms with Crippen molar-refractivity contribution in [3.05, 3.63) is 42.2 Å². The molecule has 2 saturated heterocycles. The summed E-state index contributed by atoms with van der Waals surface area (Å²) in [5.41, 5.74) is 2.27. The number of anilines is 2. The van der Waals surface area contributed by atoms with Crippen molar-refractivity contribution in [1.82, 2.24) is 9.97 Å². The van der Waals surface area contributed by atoms with E-state index in [2.05, 4.69) is 26.7 Å². The molecule has 1 aromatic carbocycles. The van der Waals surface area contributed by atoms with Crippen molar-refractivity contribution in [2.24, 2.45) is 17.8 Å². The highest BCUT2D eigenvalue weighted by Crippen LogP contribution is 2.52. The summed E-state index contributed by atoms with van der Waals surface area (Å²) in [6.07, 6.45) is 8.45. The highest BCUT2D eigenvalue weighted by atomic mass is 32.2. The molecule has 2 aromatic rings. The summed E-state index contributed by atoms with van der Waals surface area (Å²) < 4.78 is 29.6. The Labute approximate surface area is 190 Å². The predicted molar refractivity (Wildman–Crippen MR) is 125 cm³/mol. The number of fused-ring (bicyclic) bond motifs is 1. The van der Waals surface area contributed by atoms with Gasteiger partial charge < -0.3 is 14.5 Å². The zero-order valence-corrected chi connectivity index (χ0v) is 19.7. The summed E-state index contributed by atoms with van der Waals surface area (Å²) in [5, 5.41) is 0. The minimum absolute atomic E-state index is 0.323. The molecule has 0 amide bonds. The standard InChI is InChI=1S/C24H32N4O3S/c1-3-17-12-25-24(26-13-17)28-14-21-22(15-28)23(21)16-31-19-8-10-27(11-9-19)18-4-6-20(7-5-18)32(2,29)30/h4-7,12-13,19,21-23H,3,8-11,14-16H2,1-2H3/t21-,22?,23?/m1/s1. The number of aryl methyl sites for hydroxylation is 1. The van der Waals surface area contributed by atoms with Crippen molar-refractivity contribution in [2.75, 3.05) is 48.8 Å². The number of sulfone groups is 1. The number of rotatable bonds is 7. The fourth-order valence-electron chi connectivity index (χ4n) is 5.19. The van der Waals surface area contributed by atoms with Crippen molar-refractivity contribution in [2.45, 2.75) is 37.2 Å². The van der Waals surface area contributed by atoms with Crippen molar-refractivity contribution in [3.63, 3.8) is 0 Å². The number of ether oxygens (including phenoxy) is 1. The number of nitrogens with zero attached hydrogens (tertiary/aromatic N) is 4. The van der Waals surface area contributed by atoms with Crippen molar-refractivity contribution in [3.8, 4) is 0 Å². The second-order valence-corrected chi connectivity index (χ2v) is 11.4. The van der Waals surface area contributed by atoms with Crippen LogP contribution in [0.25, 0.3) is 0 Å². The van der Waals surface area contributed by atoms with Crippen LogP contribution in [0.2, 0.25) is 0 Å². The molecule has 3 atom stereocenters. The van der Waals surface area contributed by atoms with Crippen LogP contribution in [0.4, 0.5) is 11.6 Å². The Morgan fingerprint density at radius 3 is 2.19 bits per heavy atom. The maximum Gasteiger partial charge on any atom is 0.225 e. The second kappa shape index (κ2) is 8.63. The molecule has 3 fully saturated rings. The summed E-state index contributed by atoms with van der Waals surface area (Å²) in [4.78, 5) is 14.1. The first-order valence-electron chi connectivity index (χ1n) is 11.6. The van der Waals surface area contributed by atoms with E-state index in [9.17, 15) is 8.42 Å². The molecule has 2 unspecified atom stereocenters. The lowest BCUT2D eigenvalue weighted by Gasteiger charge is -2.33. The molecule has 2 aliphatic heterocycles. The van der Waals surface area contributed by atoms with Crippen molar-refractivity contribution >= 4 is 21.5 Å². The highest BCUT2D eigenvalue weighted by Gasteiger charge is 2.56. The van der Waals surface area contributed by atoms with Gasteiger partial charge in [0, 0.05) is 50.5 Å². The van der Waals surface area contributed by atoms with E-state index in [-0.39, 0.29) is 0 Å². The number of benzene rings is 1. The van der Waals surface area contributed by atoms with E-state index in [1.165, 1.54) is 11.8 Å². The molecule has 1 aromatic heterocycles.